The maximum Gasteiger partial charge on any atom is 0.251 e. The van der Waals surface area contributed by atoms with Crippen LogP contribution in [0.4, 0.5) is 8.78 Å². The van der Waals surface area contributed by atoms with Gasteiger partial charge in [-0.3, -0.25) is 5.41 Å². The van der Waals surface area contributed by atoms with Crippen LogP contribution >= 0.6 is 0 Å². The number of aromatic nitrogens is 2. The number of aromatic hydroxyl groups is 1. The van der Waals surface area contributed by atoms with E-state index in [0.29, 0.717) is 11.4 Å². The molecule has 1 heterocycles. The number of rotatable bonds is 6. The lowest BCUT2D eigenvalue weighted by atomic mass is 10.2. The summed E-state index contributed by atoms with van der Waals surface area (Å²) in [6, 6.07) is 6.32. The van der Waals surface area contributed by atoms with Crippen molar-refractivity contribution in [3.05, 3.63) is 65.4 Å². The molecule has 0 unspecified atom stereocenters. The number of nitrogens with one attached hydrogen (secondary N) is 3. The lowest BCUT2D eigenvalue weighted by Crippen LogP contribution is -2.25. The van der Waals surface area contributed by atoms with Gasteiger partial charge in [-0.05, 0) is 6.07 Å². The molecule has 1 aromatic carbocycles. The molecule has 0 saturated heterocycles. The van der Waals surface area contributed by atoms with E-state index in [4.69, 9.17) is 5.41 Å². The number of allylic oxidation sites excluding steroid dienone is 1. The molecule has 0 aliphatic heterocycles. The van der Waals surface area contributed by atoms with Gasteiger partial charge in [0.1, 0.15) is 17.3 Å². The molecule has 0 fully saturated rings. The fraction of sp³-hybridized carbons (Fsp3) is 0.133. The molecule has 4 N–H and O–H groups in total. The summed E-state index contributed by atoms with van der Waals surface area (Å²) in [4.78, 5) is 7.11. The zero-order valence-corrected chi connectivity index (χ0v) is 12.3. The lowest BCUT2D eigenvalue weighted by molar-refractivity contribution is 0.407. The smallest absolute Gasteiger partial charge is 0.251 e. The maximum atomic E-state index is 13.5. The topological polar surface area (TPSA) is 93.9 Å². The molecule has 0 aliphatic rings. The lowest BCUT2D eigenvalue weighted by Gasteiger charge is -2.11. The summed E-state index contributed by atoms with van der Waals surface area (Å²) in [5, 5.41) is 22.8. The second-order valence-electron chi connectivity index (χ2n) is 4.53. The van der Waals surface area contributed by atoms with Crippen LogP contribution in [0.3, 0.4) is 0 Å². The van der Waals surface area contributed by atoms with Crippen LogP contribution in [0.15, 0.2) is 42.4 Å². The van der Waals surface area contributed by atoms with Crippen molar-refractivity contribution in [3.63, 3.8) is 0 Å². The standard InChI is InChI=1S/C15H15F2N5O/c1-19-13(20-7-9-4-2-3-5-10(9)16)6-12(18)14-21-8-11(17)15(23)22-14/h2-6,8,18-20H,7H2,1H3,(H,21,22,23)/b13-6-,18-12?. The van der Waals surface area contributed by atoms with E-state index < -0.39 is 11.7 Å². The molecule has 0 radical (unpaired) electrons. The summed E-state index contributed by atoms with van der Waals surface area (Å²) in [6.45, 7) is 0.210. The first kappa shape index (κ1) is 16.3. The van der Waals surface area contributed by atoms with Gasteiger partial charge < -0.3 is 15.7 Å². The van der Waals surface area contributed by atoms with E-state index in [1.165, 1.54) is 12.1 Å². The molecule has 0 saturated carbocycles. The number of hydrogen-bond donors (Lipinski definition) is 4. The molecule has 6 nitrogen and oxygen atoms in total. The second kappa shape index (κ2) is 7.30. The molecule has 1 aromatic heterocycles. The summed E-state index contributed by atoms with van der Waals surface area (Å²) < 4.78 is 26.5. The van der Waals surface area contributed by atoms with Crippen LogP contribution in [-0.2, 0) is 6.54 Å². The van der Waals surface area contributed by atoms with Crippen LogP contribution < -0.4 is 10.6 Å². The highest BCUT2D eigenvalue weighted by atomic mass is 19.1. The van der Waals surface area contributed by atoms with Gasteiger partial charge in [-0.1, -0.05) is 18.2 Å². The Balaban J connectivity index is 2.10. The number of benzene rings is 1. The molecule has 120 valence electrons. The molecule has 8 heteroatoms. The van der Waals surface area contributed by atoms with Crippen molar-refractivity contribution in [3.8, 4) is 5.88 Å². The van der Waals surface area contributed by atoms with Gasteiger partial charge in [0.2, 0.25) is 5.82 Å². The van der Waals surface area contributed by atoms with Crippen molar-refractivity contribution < 1.29 is 13.9 Å². The Morgan fingerprint density at radius 1 is 1.30 bits per heavy atom. The van der Waals surface area contributed by atoms with Crippen molar-refractivity contribution in [2.75, 3.05) is 7.05 Å². The fourth-order valence-corrected chi connectivity index (χ4v) is 1.74. The Hall–Kier alpha value is -3.03. The first-order chi connectivity index (χ1) is 11.0. The quantitative estimate of drug-likeness (QED) is 0.608. The van der Waals surface area contributed by atoms with Crippen molar-refractivity contribution >= 4 is 5.71 Å². The first-order valence-electron chi connectivity index (χ1n) is 6.68. The summed E-state index contributed by atoms with van der Waals surface area (Å²) in [5.41, 5.74) is 0.321. The molecular formula is C15H15F2N5O. The number of nitrogens with zero attached hydrogens (tertiary/aromatic N) is 2. The molecule has 2 aromatic rings. The van der Waals surface area contributed by atoms with Crippen LogP contribution in [-0.4, -0.2) is 27.8 Å². The van der Waals surface area contributed by atoms with Gasteiger partial charge in [-0.15, -0.1) is 0 Å². The van der Waals surface area contributed by atoms with Crippen LogP contribution in [0, 0.1) is 17.0 Å². The molecular weight excluding hydrogens is 304 g/mol. The van der Waals surface area contributed by atoms with Crippen molar-refractivity contribution in [2.45, 2.75) is 6.54 Å². The minimum absolute atomic E-state index is 0.135. The van der Waals surface area contributed by atoms with E-state index >= 15 is 0 Å². The molecule has 0 spiro atoms. The third-order valence-corrected chi connectivity index (χ3v) is 2.95. The first-order valence-corrected chi connectivity index (χ1v) is 6.68. The number of halogens is 2. The van der Waals surface area contributed by atoms with E-state index in [1.807, 2.05) is 0 Å². The SMILES string of the molecule is CN/C(=C/C(=N)c1ncc(F)c(O)n1)NCc1ccccc1F. The van der Waals surface area contributed by atoms with Crippen LogP contribution in [0.2, 0.25) is 0 Å². The summed E-state index contributed by atoms with van der Waals surface area (Å²) >= 11 is 0. The third kappa shape index (κ3) is 4.22. The average molecular weight is 319 g/mol. The Morgan fingerprint density at radius 3 is 2.70 bits per heavy atom. The molecule has 0 atom stereocenters. The maximum absolute atomic E-state index is 13.5. The predicted molar refractivity (Wildman–Crippen MR) is 80.9 cm³/mol. The summed E-state index contributed by atoms with van der Waals surface area (Å²) in [6.07, 6.45) is 2.14. The average Bonchev–Trinajstić information content (AvgIpc) is 2.55. The molecule has 0 aliphatic carbocycles. The number of hydrogen-bond acceptors (Lipinski definition) is 6. The minimum atomic E-state index is -0.961. The van der Waals surface area contributed by atoms with E-state index in [9.17, 15) is 13.9 Å². The molecule has 0 bridgehead atoms. The predicted octanol–water partition coefficient (Wildman–Crippen LogP) is 1.68. The zero-order valence-electron chi connectivity index (χ0n) is 12.3. The Labute approximate surface area is 131 Å². The fourth-order valence-electron chi connectivity index (χ4n) is 1.74. The van der Waals surface area contributed by atoms with Crippen molar-refractivity contribution in [1.29, 1.82) is 5.41 Å². The van der Waals surface area contributed by atoms with Gasteiger partial charge in [0.05, 0.1) is 6.20 Å². The highest BCUT2D eigenvalue weighted by Crippen LogP contribution is 2.10. The van der Waals surface area contributed by atoms with Crippen LogP contribution in [0.25, 0.3) is 0 Å². The Kier molecular flexibility index (Phi) is 5.19. The summed E-state index contributed by atoms with van der Waals surface area (Å²) in [7, 11) is 1.62. The monoisotopic (exact) mass is 319 g/mol. The third-order valence-electron chi connectivity index (χ3n) is 2.95. The minimum Gasteiger partial charge on any atom is -0.491 e. The van der Waals surface area contributed by atoms with Crippen LogP contribution in [0.1, 0.15) is 11.4 Å². The van der Waals surface area contributed by atoms with Crippen molar-refractivity contribution in [2.24, 2.45) is 0 Å². The summed E-state index contributed by atoms with van der Waals surface area (Å²) in [5.74, 6) is -1.83. The largest absolute Gasteiger partial charge is 0.491 e. The van der Waals surface area contributed by atoms with Crippen molar-refractivity contribution in [1.82, 2.24) is 20.6 Å². The molecule has 23 heavy (non-hydrogen) atoms. The van der Waals surface area contributed by atoms with E-state index in [0.717, 1.165) is 6.20 Å². The highest BCUT2D eigenvalue weighted by molar-refractivity contribution is 6.04. The van der Waals surface area contributed by atoms with Gasteiger partial charge in [-0.25, -0.2) is 9.37 Å². The Morgan fingerprint density at radius 2 is 2.04 bits per heavy atom. The van der Waals surface area contributed by atoms with Gasteiger partial charge in [-0.2, -0.15) is 9.37 Å². The van der Waals surface area contributed by atoms with Gasteiger partial charge in [0.15, 0.2) is 5.82 Å². The molecule has 2 rings (SSSR count). The molecule has 0 amide bonds. The van der Waals surface area contributed by atoms with Gasteiger partial charge in [0, 0.05) is 25.2 Å². The highest BCUT2D eigenvalue weighted by Gasteiger charge is 2.09. The van der Waals surface area contributed by atoms with E-state index in [1.54, 1.807) is 25.2 Å². The zero-order chi connectivity index (χ0) is 16.8. The van der Waals surface area contributed by atoms with Gasteiger partial charge in [0.25, 0.3) is 5.88 Å². The van der Waals surface area contributed by atoms with E-state index in [2.05, 4.69) is 20.6 Å². The van der Waals surface area contributed by atoms with Crippen LogP contribution in [0.5, 0.6) is 5.88 Å². The normalized spacial score (nSPS) is 11.2. The second-order valence-corrected chi connectivity index (χ2v) is 4.53. The van der Waals surface area contributed by atoms with E-state index in [-0.39, 0.29) is 23.9 Å². The van der Waals surface area contributed by atoms with Gasteiger partial charge >= 0.3 is 0 Å². The Bertz CT molecular complexity index is 748.